The van der Waals surface area contributed by atoms with Crippen LogP contribution in [0.15, 0.2) is 78.9 Å². The van der Waals surface area contributed by atoms with Crippen molar-refractivity contribution in [2.45, 2.75) is 50.7 Å². The number of hydrogen-bond donors (Lipinski definition) is 3. The largest absolute Gasteiger partial charge is 0.480 e. The van der Waals surface area contributed by atoms with Crippen molar-refractivity contribution >= 4 is 24.1 Å². The van der Waals surface area contributed by atoms with Crippen LogP contribution < -0.4 is 10.6 Å². The number of benzene rings is 3. The van der Waals surface area contributed by atoms with Crippen molar-refractivity contribution in [1.82, 2.24) is 20.4 Å². The number of carbonyl (C=O) groups excluding carboxylic acids is 3. The van der Waals surface area contributed by atoms with Crippen molar-refractivity contribution in [2.24, 2.45) is 0 Å². The van der Waals surface area contributed by atoms with Gasteiger partial charge in [0.1, 0.15) is 18.2 Å². The number of unbranched alkanes of at least 4 members (excludes halogenated alkanes) is 1. The van der Waals surface area contributed by atoms with Gasteiger partial charge in [-0.3, -0.25) is 9.69 Å². The van der Waals surface area contributed by atoms with Gasteiger partial charge in [0.05, 0.1) is 6.54 Å². The standard InChI is InChI=1S/C37H44N4O7/c1-37(2,26-12-4-3-5-13-26)48-33(42)24-40-20-22-41(23-21-40)35(45)38-19-11-10-18-32(34(43)44)39-36(46)47-25-31-29-16-8-6-14-27(29)28-15-7-9-17-30(28)31/h3-9,12-17,31-32H,10-11,18-25H2,1-2H3,(H,38,45)(H,39,46)(H,43,44)/t32-/m0/s1. The highest BCUT2D eigenvalue weighted by Crippen LogP contribution is 2.44. The molecule has 11 heteroatoms. The molecule has 3 aromatic carbocycles. The number of aliphatic carboxylic acids is 1. The van der Waals surface area contributed by atoms with Crippen molar-refractivity contribution in [3.8, 4) is 11.1 Å². The third kappa shape index (κ3) is 8.71. The average molecular weight is 657 g/mol. The van der Waals surface area contributed by atoms with E-state index in [1.165, 1.54) is 0 Å². The highest BCUT2D eigenvalue weighted by molar-refractivity contribution is 5.81. The van der Waals surface area contributed by atoms with E-state index >= 15 is 0 Å². The molecule has 3 N–H and O–H groups in total. The van der Waals surface area contributed by atoms with Crippen LogP contribution in [0.1, 0.15) is 55.7 Å². The first-order valence-electron chi connectivity index (χ1n) is 16.5. The lowest BCUT2D eigenvalue weighted by Gasteiger charge is -2.35. The van der Waals surface area contributed by atoms with Gasteiger partial charge in [0, 0.05) is 38.6 Å². The molecule has 5 rings (SSSR count). The van der Waals surface area contributed by atoms with E-state index in [0.29, 0.717) is 45.6 Å². The van der Waals surface area contributed by atoms with E-state index in [9.17, 15) is 24.3 Å². The number of amides is 3. The van der Waals surface area contributed by atoms with Gasteiger partial charge < -0.3 is 30.1 Å². The number of hydrogen-bond acceptors (Lipinski definition) is 7. The minimum Gasteiger partial charge on any atom is -0.480 e. The summed E-state index contributed by atoms with van der Waals surface area (Å²) in [5, 5.41) is 15.1. The van der Waals surface area contributed by atoms with Crippen LogP contribution in [0.5, 0.6) is 0 Å². The lowest BCUT2D eigenvalue weighted by atomic mass is 9.98. The molecular formula is C37H44N4O7. The second kappa shape index (κ2) is 15.8. The van der Waals surface area contributed by atoms with Crippen LogP contribution in [0.3, 0.4) is 0 Å². The van der Waals surface area contributed by atoms with Gasteiger partial charge in [-0.25, -0.2) is 14.4 Å². The van der Waals surface area contributed by atoms with E-state index in [4.69, 9.17) is 9.47 Å². The smallest absolute Gasteiger partial charge is 0.407 e. The predicted molar refractivity (Wildman–Crippen MR) is 180 cm³/mol. The van der Waals surface area contributed by atoms with Gasteiger partial charge in [-0.05, 0) is 60.9 Å². The summed E-state index contributed by atoms with van der Waals surface area (Å²) in [6.45, 7) is 6.42. The second-order valence-electron chi connectivity index (χ2n) is 12.7. The maximum Gasteiger partial charge on any atom is 0.407 e. The molecule has 0 unspecified atom stereocenters. The fourth-order valence-corrected chi connectivity index (χ4v) is 6.33. The first-order chi connectivity index (χ1) is 23.1. The molecule has 0 radical (unpaired) electrons. The van der Waals surface area contributed by atoms with E-state index in [2.05, 4.69) is 10.6 Å². The molecule has 0 spiro atoms. The lowest BCUT2D eigenvalue weighted by molar-refractivity contribution is -0.159. The number of nitrogens with zero attached hydrogens (tertiary/aromatic N) is 2. The summed E-state index contributed by atoms with van der Waals surface area (Å²) in [6.07, 6.45) is 0.455. The van der Waals surface area contributed by atoms with E-state index in [0.717, 1.165) is 27.8 Å². The van der Waals surface area contributed by atoms with Crippen LogP contribution in [0.2, 0.25) is 0 Å². The third-order valence-corrected chi connectivity index (χ3v) is 8.98. The number of alkyl carbamates (subject to hydrolysis) is 1. The number of piperazine rings is 1. The number of fused-ring (bicyclic) bond motifs is 3. The Hall–Kier alpha value is -4.90. The Morgan fingerprint density at radius 3 is 2.08 bits per heavy atom. The summed E-state index contributed by atoms with van der Waals surface area (Å²) in [4.78, 5) is 53.4. The van der Waals surface area contributed by atoms with Crippen molar-refractivity contribution in [3.63, 3.8) is 0 Å². The predicted octanol–water partition coefficient (Wildman–Crippen LogP) is 4.95. The highest BCUT2D eigenvalue weighted by Gasteiger charge is 2.30. The normalized spacial score (nSPS) is 15.2. The Labute approximate surface area is 281 Å². The third-order valence-electron chi connectivity index (χ3n) is 8.98. The maximum atomic E-state index is 12.7. The van der Waals surface area contributed by atoms with E-state index in [-0.39, 0.29) is 37.5 Å². The maximum absolute atomic E-state index is 12.7. The van der Waals surface area contributed by atoms with Crippen LogP contribution in [-0.4, -0.2) is 90.9 Å². The van der Waals surface area contributed by atoms with E-state index < -0.39 is 23.7 Å². The summed E-state index contributed by atoms with van der Waals surface area (Å²) in [5.74, 6) is -1.57. The van der Waals surface area contributed by atoms with Crippen LogP contribution in [0.4, 0.5) is 9.59 Å². The van der Waals surface area contributed by atoms with Gasteiger partial charge in [0.15, 0.2) is 0 Å². The lowest BCUT2D eigenvalue weighted by Crippen LogP contribution is -2.53. The van der Waals surface area contributed by atoms with E-state index in [1.54, 1.807) is 4.90 Å². The van der Waals surface area contributed by atoms with Crippen LogP contribution in [-0.2, 0) is 24.7 Å². The molecule has 254 valence electrons. The molecule has 3 aromatic rings. The van der Waals surface area contributed by atoms with E-state index in [1.807, 2.05) is 97.6 Å². The molecule has 1 atom stereocenters. The van der Waals surface area contributed by atoms with Gasteiger partial charge in [0.2, 0.25) is 0 Å². The first-order valence-corrected chi connectivity index (χ1v) is 16.5. The van der Waals surface area contributed by atoms with Crippen molar-refractivity contribution in [3.05, 3.63) is 95.6 Å². The number of nitrogens with one attached hydrogen (secondary N) is 2. The average Bonchev–Trinajstić information content (AvgIpc) is 3.40. The van der Waals surface area contributed by atoms with Gasteiger partial charge in [-0.1, -0.05) is 78.9 Å². The molecule has 1 heterocycles. The Morgan fingerprint density at radius 2 is 1.46 bits per heavy atom. The van der Waals surface area contributed by atoms with Crippen molar-refractivity contribution < 1.29 is 33.8 Å². The number of carboxylic acid groups (broad SMARTS) is 1. The Bertz CT molecular complexity index is 1540. The van der Waals surface area contributed by atoms with Gasteiger partial charge in [-0.2, -0.15) is 0 Å². The molecule has 1 fully saturated rings. The monoisotopic (exact) mass is 656 g/mol. The quantitative estimate of drug-likeness (QED) is 0.174. The number of urea groups is 1. The number of carboxylic acids is 1. The number of rotatable bonds is 13. The molecule has 11 nitrogen and oxygen atoms in total. The number of ether oxygens (including phenoxy) is 2. The van der Waals surface area contributed by atoms with Gasteiger partial charge in [0.25, 0.3) is 0 Å². The Kier molecular flexibility index (Phi) is 11.3. The van der Waals surface area contributed by atoms with Crippen LogP contribution >= 0.6 is 0 Å². The highest BCUT2D eigenvalue weighted by atomic mass is 16.6. The summed E-state index contributed by atoms with van der Waals surface area (Å²) in [5.41, 5.74) is 4.56. The molecule has 1 aliphatic heterocycles. The number of esters is 1. The van der Waals surface area contributed by atoms with Gasteiger partial charge >= 0.3 is 24.1 Å². The van der Waals surface area contributed by atoms with Gasteiger partial charge in [-0.15, -0.1) is 0 Å². The van der Waals surface area contributed by atoms with Crippen molar-refractivity contribution in [1.29, 1.82) is 0 Å². The zero-order valence-electron chi connectivity index (χ0n) is 27.5. The zero-order valence-corrected chi connectivity index (χ0v) is 27.5. The Morgan fingerprint density at radius 1 is 0.854 bits per heavy atom. The SMILES string of the molecule is CC(C)(OC(=O)CN1CCN(C(=O)NCCCC[C@H](NC(=O)OCC2c3ccccc3-c3ccccc32)C(=O)O)CC1)c1ccccc1. The minimum absolute atomic E-state index is 0.100. The fraction of sp³-hybridized carbons (Fsp3) is 0.405. The summed E-state index contributed by atoms with van der Waals surface area (Å²) >= 11 is 0. The molecule has 0 bridgehead atoms. The first kappa shape index (κ1) is 34.4. The summed E-state index contributed by atoms with van der Waals surface area (Å²) in [6, 6.07) is 24.3. The van der Waals surface area contributed by atoms with Crippen molar-refractivity contribution in [2.75, 3.05) is 45.9 Å². The molecular weight excluding hydrogens is 612 g/mol. The zero-order chi connectivity index (χ0) is 34.1. The summed E-state index contributed by atoms with van der Waals surface area (Å²) < 4.78 is 11.3. The molecule has 1 saturated heterocycles. The van der Waals surface area contributed by atoms with Crippen LogP contribution in [0.25, 0.3) is 11.1 Å². The molecule has 0 saturated carbocycles. The topological polar surface area (TPSA) is 138 Å². The second-order valence-corrected chi connectivity index (χ2v) is 12.7. The molecule has 3 amide bonds. The molecule has 0 aromatic heterocycles. The summed E-state index contributed by atoms with van der Waals surface area (Å²) in [7, 11) is 0. The number of carbonyl (C=O) groups is 4. The molecule has 1 aliphatic carbocycles. The fourth-order valence-electron chi connectivity index (χ4n) is 6.33. The molecule has 2 aliphatic rings. The van der Waals surface area contributed by atoms with Crippen LogP contribution in [0, 0.1) is 0 Å². The molecule has 48 heavy (non-hydrogen) atoms. The Balaban J connectivity index is 0.970. The minimum atomic E-state index is -1.14.